The SMILES string of the molecule is C[C@H](NC(=O)N[C@@H](c1ccccc1F)c1nccn1C)c1ccc2c(c1)OCO2. The molecule has 0 fully saturated rings. The van der Waals surface area contributed by atoms with Crippen molar-refractivity contribution in [2.24, 2.45) is 7.05 Å². The first-order valence-electron chi connectivity index (χ1n) is 9.21. The Hall–Kier alpha value is -3.55. The molecule has 29 heavy (non-hydrogen) atoms. The fraction of sp³-hybridized carbons (Fsp3) is 0.238. The molecule has 0 saturated heterocycles. The van der Waals surface area contributed by atoms with Crippen molar-refractivity contribution in [3.8, 4) is 11.5 Å². The lowest BCUT2D eigenvalue weighted by molar-refractivity contribution is 0.174. The Morgan fingerprint density at radius 2 is 1.97 bits per heavy atom. The number of carbonyl (C=O) groups is 1. The molecule has 0 unspecified atom stereocenters. The van der Waals surface area contributed by atoms with Gasteiger partial charge in [-0.25, -0.2) is 14.2 Å². The van der Waals surface area contributed by atoms with Crippen LogP contribution in [-0.2, 0) is 7.05 Å². The van der Waals surface area contributed by atoms with E-state index in [1.54, 1.807) is 42.2 Å². The van der Waals surface area contributed by atoms with E-state index in [0.29, 0.717) is 22.9 Å². The number of halogens is 1. The summed E-state index contributed by atoms with van der Waals surface area (Å²) in [6.45, 7) is 2.05. The molecule has 0 saturated carbocycles. The molecule has 1 aromatic heterocycles. The molecule has 0 spiro atoms. The van der Waals surface area contributed by atoms with E-state index in [0.717, 1.165) is 5.56 Å². The highest BCUT2D eigenvalue weighted by Crippen LogP contribution is 2.34. The van der Waals surface area contributed by atoms with E-state index in [4.69, 9.17) is 9.47 Å². The highest BCUT2D eigenvalue weighted by molar-refractivity contribution is 5.75. The van der Waals surface area contributed by atoms with Crippen molar-refractivity contribution >= 4 is 6.03 Å². The van der Waals surface area contributed by atoms with Crippen LogP contribution in [0.4, 0.5) is 9.18 Å². The number of hydrogen-bond donors (Lipinski definition) is 2. The van der Waals surface area contributed by atoms with Crippen LogP contribution in [0.3, 0.4) is 0 Å². The van der Waals surface area contributed by atoms with Crippen LogP contribution in [0.2, 0.25) is 0 Å². The quantitative estimate of drug-likeness (QED) is 0.693. The summed E-state index contributed by atoms with van der Waals surface area (Å²) >= 11 is 0. The van der Waals surface area contributed by atoms with Gasteiger partial charge < -0.3 is 24.7 Å². The number of ether oxygens (including phenoxy) is 2. The number of aryl methyl sites for hydroxylation is 1. The van der Waals surface area contributed by atoms with Crippen molar-refractivity contribution in [1.29, 1.82) is 0 Å². The zero-order valence-electron chi connectivity index (χ0n) is 16.1. The lowest BCUT2D eigenvalue weighted by Gasteiger charge is -2.22. The third kappa shape index (κ3) is 3.87. The first-order valence-corrected chi connectivity index (χ1v) is 9.21. The Morgan fingerprint density at radius 1 is 1.17 bits per heavy atom. The molecule has 0 radical (unpaired) electrons. The standard InChI is InChI=1S/C21H21FN4O3/c1-13(14-7-8-17-18(11-14)29-12-28-17)24-21(27)25-19(20-23-9-10-26(20)2)15-5-3-4-6-16(15)22/h3-11,13,19H,12H2,1-2H3,(H2,24,25,27)/t13-,19-/m0/s1. The average Bonchev–Trinajstić information content (AvgIpc) is 3.34. The van der Waals surface area contributed by atoms with Gasteiger partial charge in [0.2, 0.25) is 6.79 Å². The predicted octanol–water partition coefficient (Wildman–Crippen LogP) is 3.44. The normalized spacial score (nSPS) is 14.3. The molecule has 1 aliphatic heterocycles. The number of amides is 2. The van der Waals surface area contributed by atoms with Crippen LogP contribution in [-0.4, -0.2) is 22.4 Å². The summed E-state index contributed by atoms with van der Waals surface area (Å²) in [7, 11) is 1.80. The van der Waals surface area contributed by atoms with Gasteiger partial charge in [-0.05, 0) is 30.7 Å². The Balaban J connectivity index is 1.52. The molecule has 0 aliphatic carbocycles. The van der Waals surface area contributed by atoms with Crippen LogP contribution in [0, 0.1) is 5.82 Å². The second kappa shape index (κ2) is 7.83. The summed E-state index contributed by atoms with van der Waals surface area (Å²) in [5.41, 5.74) is 1.21. The molecule has 2 heterocycles. The number of carbonyl (C=O) groups excluding carboxylic acids is 1. The van der Waals surface area contributed by atoms with Gasteiger partial charge in [0.1, 0.15) is 17.7 Å². The third-order valence-corrected chi connectivity index (χ3v) is 4.85. The van der Waals surface area contributed by atoms with Gasteiger partial charge >= 0.3 is 6.03 Å². The minimum Gasteiger partial charge on any atom is -0.454 e. The van der Waals surface area contributed by atoms with Gasteiger partial charge in [-0.3, -0.25) is 0 Å². The fourth-order valence-corrected chi connectivity index (χ4v) is 3.28. The summed E-state index contributed by atoms with van der Waals surface area (Å²) in [5, 5.41) is 5.72. The molecule has 2 amide bonds. The zero-order valence-corrected chi connectivity index (χ0v) is 16.1. The lowest BCUT2D eigenvalue weighted by atomic mass is 10.1. The second-order valence-corrected chi connectivity index (χ2v) is 6.80. The maximum atomic E-state index is 14.4. The van der Waals surface area contributed by atoms with Gasteiger partial charge in [0.15, 0.2) is 11.5 Å². The van der Waals surface area contributed by atoms with Crippen molar-refractivity contribution < 1.29 is 18.7 Å². The van der Waals surface area contributed by atoms with Crippen LogP contribution in [0.1, 0.15) is 36.0 Å². The molecular formula is C21H21FN4O3. The maximum Gasteiger partial charge on any atom is 0.316 e. The molecule has 2 aromatic carbocycles. The number of fused-ring (bicyclic) bond motifs is 1. The first-order chi connectivity index (χ1) is 14.0. The van der Waals surface area contributed by atoms with E-state index in [9.17, 15) is 9.18 Å². The zero-order chi connectivity index (χ0) is 20.4. The van der Waals surface area contributed by atoms with Crippen LogP contribution >= 0.6 is 0 Å². The van der Waals surface area contributed by atoms with Gasteiger partial charge in [-0.2, -0.15) is 0 Å². The minimum atomic E-state index is -0.736. The van der Waals surface area contributed by atoms with Crippen molar-refractivity contribution in [2.75, 3.05) is 6.79 Å². The number of benzene rings is 2. The summed E-state index contributed by atoms with van der Waals surface area (Å²) in [5.74, 6) is 1.44. The summed E-state index contributed by atoms with van der Waals surface area (Å²) < 4.78 is 26.9. The number of rotatable bonds is 5. The van der Waals surface area contributed by atoms with E-state index in [2.05, 4.69) is 15.6 Å². The van der Waals surface area contributed by atoms with Crippen LogP contribution in [0.5, 0.6) is 11.5 Å². The monoisotopic (exact) mass is 396 g/mol. The fourth-order valence-electron chi connectivity index (χ4n) is 3.28. The van der Waals surface area contributed by atoms with Gasteiger partial charge in [0.25, 0.3) is 0 Å². The van der Waals surface area contributed by atoms with Gasteiger partial charge in [-0.1, -0.05) is 24.3 Å². The Morgan fingerprint density at radius 3 is 2.72 bits per heavy atom. The van der Waals surface area contributed by atoms with Gasteiger partial charge in [0, 0.05) is 25.0 Å². The highest BCUT2D eigenvalue weighted by atomic mass is 19.1. The van der Waals surface area contributed by atoms with E-state index in [1.807, 2.05) is 25.1 Å². The molecule has 0 bridgehead atoms. The molecule has 8 heteroatoms. The molecule has 3 aromatic rings. The van der Waals surface area contributed by atoms with Crippen molar-refractivity contribution in [3.05, 3.63) is 77.6 Å². The largest absolute Gasteiger partial charge is 0.454 e. The smallest absolute Gasteiger partial charge is 0.316 e. The number of nitrogens with zero attached hydrogens (tertiary/aromatic N) is 2. The highest BCUT2D eigenvalue weighted by Gasteiger charge is 2.24. The molecule has 150 valence electrons. The second-order valence-electron chi connectivity index (χ2n) is 6.80. The number of urea groups is 1. The topological polar surface area (TPSA) is 77.4 Å². The van der Waals surface area contributed by atoms with Crippen LogP contribution < -0.4 is 20.1 Å². The van der Waals surface area contributed by atoms with E-state index < -0.39 is 17.9 Å². The molecule has 2 atom stereocenters. The van der Waals surface area contributed by atoms with Crippen molar-refractivity contribution in [2.45, 2.75) is 19.0 Å². The van der Waals surface area contributed by atoms with Gasteiger partial charge in [0.05, 0.1) is 6.04 Å². The Labute approximate surface area is 167 Å². The first kappa shape index (κ1) is 18.8. The number of nitrogens with one attached hydrogen (secondary N) is 2. The summed E-state index contributed by atoms with van der Waals surface area (Å²) in [4.78, 5) is 17.0. The molecule has 7 nitrogen and oxygen atoms in total. The average molecular weight is 396 g/mol. The van der Waals surface area contributed by atoms with E-state index >= 15 is 0 Å². The molecule has 4 rings (SSSR count). The van der Waals surface area contributed by atoms with Gasteiger partial charge in [-0.15, -0.1) is 0 Å². The maximum absolute atomic E-state index is 14.4. The number of imidazole rings is 1. The molecule has 2 N–H and O–H groups in total. The van der Waals surface area contributed by atoms with E-state index in [1.165, 1.54) is 6.07 Å². The Kier molecular flexibility index (Phi) is 5.07. The third-order valence-electron chi connectivity index (χ3n) is 4.85. The number of aromatic nitrogens is 2. The van der Waals surface area contributed by atoms with Crippen LogP contribution in [0.15, 0.2) is 54.9 Å². The lowest BCUT2D eigenvalue weighted by Crippen LogP contribution is -2.40. The summed E-state index contributed by atoms with van der Waals surface area (Å²) in [6.07, 6.45) is 3.36. The van der Waals surface area contributed by atoms with Crippen molar-refractivity contribution in [3.63, 3.8) is 0 Å². The minimum absolute atomic E-state index is 0.190. The van der Waals surface area contributed by atoms with Crippen LogP contribution in [0.25, 0.3) is 0 Å². The van der Waals surface area contributed by atoms with E-state index in [-0.39, 0.29) is 12.8 Å². The molecular weight excluding hydrogens is 375 g/mol. The molecule has 1 aliphatic rings. The number of hydrogen-bond acceptors (Lipinski definition) is 4. The van der Waals surface area contributed by atoms with Crippen molar-refractivity contribution in [1.82, 2.24) is 20.2 Å². The Bertz CT molecular complexity index is 1040. The predicted molar refractivity (Wildman–Crippen MR) is 104 cm³/mol. The summed E-state index contributed by atoms with van der Waals surface area (Å²) in [6, 6.07) is 10.4.